The third-order valence-corrected chi connectivity index (χ3v) is 7.68. The van der Waals surface area contributed by atoms with Crippen LogP contribution in [0.5, 0.6) is 5.75 Å². The van der Waals surface area contributed by atoms with Crippen molar-refractivity contribution in [1.29, 1.82) is 0 Å². The minimum Gasteiger partial charge on any atom is -0.489 e. The average Bonchev–Trinajstić information content (AvgIpc) is 3.45. The van der Waals surface area contributed by atoms with Crippen LogP contribution in [0.15, 0.2) is 90.0 Å². The molecule has 0 spiro atoms. The highest BCUT2D eigenvalue weighted by atomic mass is 35.5. The zero-order chi connectivity index (χ0) is 26.6. The zero-order valence-electron chi connectivity index (χ0n) is 21.0. The summed E-state index contributed by atoms with van der Waals surface area (Å²) in [4.78, 5) is 15.4. The van der Waals surface area contributed by atoms with Crippen LogP contribution in [-0.4, -0.2) is 31.5 Å². The highest BCUT2D eigenvalue weighted by Gasteiger charge is 2.32. The molecule has 5 rings (SSSR count). The Bertz CT molecular complexity index is 1510. The average molecular weight is 560 g/mol. The first kappa shape index (κ1) is 26.2. The molecule has 8 heteroatoms. The Balaban J connectivity index is 1.50. The molecule has 0 aliphatic carbocycles. The third kappa shape index (κ3) is 5.85. The van der Waals surface area contributed by atoms with Gasteiger partial charge in [-0.05, 0) is 42.3 Å². The number of hydrogen-bond donors (Lipinski definition) is 0. The van der Waals surface area contributed by atoms with Crippen LogP contribution < -0.4 is 4.74 Å². The monoisotopic (exact) mass is 559 g/mol. The fourth-order valence-corrected chi connectivity index (χ4v) is 5.56. The Kier molecular flexibility index (Phi) is 7.98. The summed E-state index contributed by atoms with van der Waals surface area (Å²) in [6, 6.07) is 25.3. The molecule has 0 N–H and O–H groups in total. The number of benzene rings is 3. The molecule has 1 aliphatic heterocycles. The number of carbonyl (C=O) groups is 1. The standard InChI is InChI=1S/C30H26ClN3O2S2/c1-20(2)17-33-29(35)27(38-30(33)37)16-23-18-34(24-11-4-3-5-12-24)32-28(23)21-10-8-13-25(15-21)36-19-22-9-6-7-14-26(22)31/h3-16,18,20H,17,19H2,1-2H3. The van der Waals surface area contributed by atoms with E-state index < -0.39 is 0 Å². The van der Waals surface area contributed by atoms with Gasteiger partial charge in [0.25, 0.3) is 5.91 Å². The maximum Gasteiger partial charge on any atom is 0.266 e. The summed E-state index contributed by atoms with van der Waals surface area (Å²) >= 11 is 13.1. The first-order valence-corrected chi connectivity index (χ1v) is 13.9. The molecule has 0 atom stereocenters. The lowest BCUT2D eigenvalue weighted by Crippen LogP contribution is -2.31. The highest BCUT2D eigenvalue weighted by molar-refractivity contribution is 8.26. The molecule has 2 heterocycles. The Morgan fingerprint density at radius 1 is 1.05 bits per heavy atom. The number of para-hydroxylation sites is 1. The van der Waals surface area contributed by atoms with Crippen molar-refractivity contribution >= 4 is 51.9 Å². The summed E-state index contributed by atoms with van der Waals surface area (Å²) < 4.78 is 8.48. The van der Waals surface area contributed by atoms with Crippen molar-refractivity contribution in [2.24, 2.45) is 5.92 Å². The molecule has 0 bridgehead atoms. The highest BCUT2D eigenvalue weighted by Crippen LogP contribution is 2.36. The van der Waals surface area contributed by atoms with Gasteiger partial charge in [-0.2, -0.15) is 5.10 Å². The smallest absolute Gasteiger partial charge is 0.266 e. The van der Waals surface area contributed by atoms with Crippen molar-refractivity contribution in [3.63, 3.8) is 0 Å². The molecule has 1 fully saturated rings. The number of thiocarbonyl (C=S) groups is 1. The van der Waals surface area contributed by atoms with Crippen LogP contribution in [0.2, 0.25) is 5.02 Å². The Labute approximate surface area is 237 Å². The van der Waals surface area contributed by atoms with Gasteiger partial charge in [0.1, 0.15) is 22.4 Å². The SMILES string of the molecule is CC(C)CN1C(=O)C(=Cc2cn(-c3ccccc3)nc2-c2cccc(OCc3ccccc3Cl)c2)SC1=S. The Morgan fingerprint density at radius 3 is 2.58 bits per heavy atom. The number of rotatable bonds is 8. The molecule has 5 nitrogen and oxygen atoms in total. The van der Waals surface area contributed by atoms with E-state index in [1.807, 2.05) is 95.8 Å². The van der Waals surface area contributed by atoms with Gasteiger partial charge in [0.2, 0.25) is 0 Å². The quantitative estimate of drug-likeness (QED) is 0.164. The summed E-state index contributed by atoms with van der Waals surface area (Å²) in [7, 11) is 0. The number of hydrogen-bond acceptors (Lipinski definition) is 5. The first-order valence-electron chi connectivity index (χ1n) is 12.3. The molecule has 0 saturated carbocycles. The molecular weight excluding hydrogens is 534 g/mol. The molecule has 1 saturated heterocycles. The third-order valence-electron chi connectivity index (χ3n) is 5.93. The predicted octanol–water partition coefficient (Wildman–Crippen LogP) is 7.63. The fraction of sp³-hybridized carbons (Fsp3) is 0.167. The summed E-state index contributed by atoms with van der Waals surface area (Å²) in [6.45, 7) is 5.10. The predicted molar refractivity (Wildman–Crippen MR) is 160 cm³/mol. The van der Waals surface area contributed by atoms with Crippen molar-refractivity contribution in [3.8, 4) is 22.7 Å². The lowest BCUT2D eigenvalue weighted by atomic mass is 10.1. The summed E-state index contributed by atoms with van der Waals surface area (Å²) in [5, 5.41) is 5.57. The number of amides is 1. The van der Waals surface area contributed by atoms with E-state index in [2.05, 4.69) is 13.8 Å². The second-order valence-electron chi connectivity index (χ2n) is 9.31. The molecular formula is C30H26ClN3O2S2. The number of carbonyl (C=O) groups excluding carboxylic acids is 1. The lowest BCUT2D eigenvalue weighted by molar-refractivity contribution is -0.122. The van der Waals surface area contributed by atoms with Crippen LogP contribution in [0.1, 0.15) is 25.0 Å². The molecule has 3 aromatic carbocycles. The van der Waals surface area contributed by atoms with Gasteiger partial charge < -0.3 is 4.74 Å². The van der Waals surface area contributed by atoms with E-state index in [4.69, 9.17) is 33.7 Å². The molecule has 4 aromatic rings. The van der Waals surface area contributed by atoms with E-state index in [9.17, 15) is 4.79 Å². The van der Waals surface area contributed by atoms with Crippen LogP contribution in [-0.2, 0) is 11.4 Å². The van der Waals surface area contributed by atoms with E-state index in [-0.39, 0.29) is 5.91 Å². The normalized spacial score (nSPS) is 14.6. The van der Waals surface area contributed by atoms with Crippen LogP contribution in [0.3, 0.4) is 0 Å². The topological polar surface area (TPSA) is 47.4 Å². The Hall–Kier alpha value is -3.39. The minimum absolute atomic E-state index is 0.0658. The largest absolute Gasteiger partial charge is 0.489 e. The van der Waals surface area contributed by atoms with Gasteiger partial charge in [-0.1, -0.05) is 98.0 Å². The second-order valence-corrected chi connectivity index (χ2v) is 11.4. The molecule has 1 aromatic heterocycles. The molecule has 0 unspecified atom stereocenters. The van der Waals surface area contributed by atoms with Crippen molar-refractivity contribution in [1.82, 2.24) is 14.7 Å². The van der Waals surface area contributed by atoms with Gasteiger partial charge >= 0.3 is 0 Å². The van der Waals surface area contributed by atoms with Crippen molar-refractivity contribution < 1.29 is 9.53 Å². The van der Waals surface area contributed by atoms with Gasteiger partial charge in [0.05, 0.1) is 10.6 Å². The van der Waals surface area contributed by atoms with Crippen molar-refractivity contribution in [3.05, 3.63) is 106 Å². The molecule has 1 amide bonds. The van der Waals surface area contributed by atoms with E-state index in [1.165, 1.54) is 11.8 Å². The fourth-order valence-electron chi connectivity index (χ4n) is 4.10. The molecule has 192 valence electrons. The lowest BCUT2D eigenvalue weighted by Gasteiger charge is -2.16. The van der Waals surface area contributed by atoms with Crippen LogP contribution >= 0.6 is 35.6 Å². The van der Waals surface area contributed by atoms with E-state index in [0.717, 1.165) is 28.1 Å². The summed E-state index contributed by atoms with van der Waals surface area (Å²) in [5.74, 6) is 0.955. The van der Waals surface area contributed by atoms with Gasteiger partial charge in [0, 0.05) is 34.5 Å². The minimum atomic E-state index is -0.0658. The van der Waals surface area contributed by atoms with E-state index >= 15 is 0 Å². The van der Waals surface area contributed by atoms with Gasteiger partial charge in [0.15, 0.2) is 0 Å². The van der Waals surface area contributed by atoms with Gasteiger partial charge in [-0.3, -0.25) is 9.69 Å². The number of nitrogens with zero attached hydrogens (tertiary/aromatic N) is 3. The van der Waals surface area contributed by atoms with E-state index in [0.29, 0.717) is 39.1 Å². The number of halogens is 1. The maximum atomic E-state index is 13.2. The van der Waals surface area contributed by atoms with Gasteiger partial charge in [-0.25, -0.2) is 4.68 Å². The number of thioether (sulfide) groups is 1. The number of aromatic nitrogens is 2. The maximum absolute atomic E-state index is 13.2. The molecule has 1 aliphatic rings. The number of ether oxygens (including phenoxy) is 1. The van der Waals surface area contributed by atoms with Crippen LogP contribution in [0.4, 0.5) is 0 Å². The van der Waals surface area contributed by atoms with E-state index in [1.54, 1.807) is 4.90 Å². The van der Waals surface area contributed by atoms with Crippen LogP contribution in [0.25, 0.3) is 23.0 Å². The first-order chi connectivity index (χ1) is 18.4. The zero-order valence-corrected chi connectivity index (χ0v) is 23.4. The van der Waals surface area contributed by atoms with Crippen molar-refractivity contribution in [2.45, 2.75) is 20.5 Å². The Morgan fingerprint density at radius 2 is 1.82 bits per heavy atom. The second kappa shape index (κ2) is 11.6. The summed E-state index contributed by atoms with van der Waals surface area (Å²) in [6.07, 6.45) is 3.83. The molecule has 0 radical (unpaired) electrons. The molecule has 38 heavy (non-hydrogen) atoms. The van der Waals surface area contributed by atoms with Crippen molar-refractivity contribution in [2.75, 3.05) is 6.54 Å². The van der Waals surface area contributed by atoms with Crippen LogP contribution in [0, 0.1) is 5.92 Å². The van der Waals surface area contributed by atoms with Gasteiger partial charge in [-0.15, -0.1) is 0 Å². The summed E-state index contributed by atoms with van der Waals surface area (Å²) in [5.41, 5.74) is 4.28.